The summed E-state index contributed by atoms with van der Waals surface area (Å²) in [4.78, 5) is 15.5. The minimum atomic E-state index is 0.0982. The molecule has 0 N–H and O–H groups in total. The van der Waals surface area contributed by atoms with E-state index in [4.69, 9.17) is 11.6 Å². The number of rotatable bonds is 8. The van der Waals surface area contributed by atoms with Crippen LogP contribution in [-0.4, -0.2) is 27.9 Å². The summed E-state index contributed by atoms with van der Waals surface area (Å²) in [5, 5.41) is 1.57. The molecule has 0 bridgehead atoms. The molecular weight excluding hydrogens is 350 g/mol. The third-order valence-corrected chi connectivity index (χ3v) is 7.12. The van der Waals surface area contributed by atoms with Gasteiger partial charge >= 0.3 is 0 Å². The number of amides is 1. The molecule has 1 saturated heterocycles. The predicted octanol–water partition coefficient (Wildman–Crippen LogP) is 5.87. The highest BCUT2D eigenvalue weighted by Gasteiger charge is 2.39. The van der Waals surface area contributed by atoms with Crippen molar-refractivity contribution in [2.24, 2.45) is 5.92 Å². The highest BCUT2D eigenvalue weighted by atomic mass is 35.5. The van der Waals surface area contributed by atoms with Gasteiger partial charge in [-0.25, -0.2) is 0 Å². The van der Waals surface area contributed by atoms with E-state index in [0.29, 0.717) is 11.9 Å². The number of piperidine rings is 1. The number of carbonyl (C=O) groups excluding carboxylic acids is 1. The second-order valence-corrected chi connectivity index (χ2v) is 8.98. The number of halogens is 1. The minimum absolute atomic E-state index is 0.0982. The van der Waals surface area contributed by atoms with Crippen LogP contribution in [0.15, 0.2) is 36.9 Å². The summed E-state index contributed by atoms with van der Waals surface area (Å²) in [6.45, 7) is 6.05. The van der Waals surface area contributed by atoms with Gasteiger partial charge in [0.1, 0.15) is 0 Å². The molecule has 2 nitrogen and oxygen atoms in total. The fourth-order valence-electron chi connectivity index (χ4n) is 3.73. The Morgan fingerprint density at radius 1 is 1.28 bits per heavy atom. The molecule has 1 amide bonds. The maximum Gasteiger partial charge on any atom is 0.226 e. The lowest BCUT2D eigenvalue weighted by Gasteiger charge is -2.44. The Bertz CT molecular complexity index is 598. The molecule has 1 saturated carbocycles. The predicted molar refractivity (Wildman–Crippen MR) is 108 cm³/mol. The van der Waals surface area contributed by atoms with Crippen LogP contribution in [0.5, 0.6) is 0 Å². The number of allylic oxidation sites excluding steroid dienone is 1. The zero-order valence-corrected chi connectivity index (χ0v) is 16.6. The first-order valence-corrected chi connectivity index (χ1v) is 10.9. The van der Waals surface area contributed by atoms with Gasteiger partial charge in [0.25, 0.3) is 0 Å². The number of hydrogen-bond donors (Lipinski definition) is 0. The van der Waals surface area contributed by atoms with Crippen LogP contribution in [-0.2, 0) is 4.79 Å². The second kappa shape index (κ2) is 8.64. The first-order chi connectivity index (χ1) is 12.1. The van der Waals surface area contributed by atoms with Crippen molar-refractivity contribution in [1.29, 1.82) is 0 Å². The van der Waals surface area contributed by atoms with Crippen molar-refractivity contribution in [2.45, 2.75) is 62.8 Å². The van der Waals surface area contributed by atoms with Crippen LogP contribution in [0.1, 0.15) is 57.1 Å². The molecule has 3 rings (SSSR count). The van der Waals surface area contributed by atoms with Gasteiger partial charge in [-0.1, -0.05) is 36.7 Å². The van der Waals surface area contributed by atoms with E-state index in [1.807, 2.05) is 30.0 Å². The van der Waals surface area contributed by atoms with E-state index in [1.54, 1.807) is 0 Å². The van der Waals surface area contributed by atoms with Gasteiger partial charge in [-0.2, -0.15) is 11.8 Å². The van der Waals surface area contributed by atoms with E-state index in [1.165, 1.54) is 18.4 Å². The van der Waals surface area contributed by atoms with Gasteiger partial charge < -0.3 is 4.90 Å². The summed E-state index contributed by atoms with van der Waals surface area (Å²) in [6, 6.07) is 8.54. The maximum absolute atomic E-state index is 13.3. The van der Waals surface area contributed by atoms with Gasteiger partial charge in [0.15, 0.2) is 0 Å². The first kappa shape index (κ1) is 18.8. The lowest BCUT2D eigenvalue weighted by Crippen LogP contribution is -2.49. The first-order valence-electron chi connectivity index (χ1n) is 9.44. The molecule has 1 aliphatic heterocycles. The normalized spacial score (nSPS) is 25.0. The molecule has 25 heavy (non-hydrogen) atoms. The molecule has 1 heterocycles. The molecule has 1 aliphatic carbocycles. The molecule has 4 heteroatoms. The van der Waals surface area contributed by atoms with E-state index in [0.717, 1.165) is 41.7 Å². The SMILES string of the molecule is C=CCC1CCC(c2ccc(Cl)cc2)N([C@@H](CC)CSC2CC2)C1=O. The smallest absolute Gasteiger partial charge is 0.226 e. The average Bonchev–Trinajstić information content (AvgIpc) is 3.44. The van der Waals surface area contributed by atoms with Crippen molar-refractivity contribution in [3.8, 4) is 0 Å². The summed E-state index contributed by atoms with van der Waals surface area (Å²) >= 11 is 8.12. The quantitative estimate of drug-likeness (QED) is 0.528. The largest absolute Gasteiger partial charge is 0.332 e. The highest BCUT2D eigenvalue weighted by Crippen LogP contribution is 2.40. The Labute approximate surface area is 161 Å². The fraction of sp³-hybridized carbons (Fsp3) is 0.571. The van der Waals surface area contributed by atoms with Crippen LogP contribution in [0.25, 0.3) is 0 Å². The van der Waals surface area contributed by atoms with E-state index >= 15 is 0 Å². The lowest BCUT2D eigenvalue weighted by atomic mass is 9.85. The van der Waals surface area contributed by atoms with Crippen LogP contribution in [0.4, 0.5) is 0 Å². The third-order valence-electron chi connectivity index (χ3n) is 5.35. The number of benzene rings is 1. The summed E-state index contributed by atoms with van der Waals surface area (Å²) in [5.74, 6) is 1.47. The monoisotopic (exact) mass is 377 g/mol. The molecule has 2 unspecified atom stereocenters. The molecule has 0 aromatic heterocycles. The van der Waals surface area contributed by atoms with Gasteiger partial charge in [0.05, 0.1) is 6.04 Å². The van der Waals surface area contributed by atoms with Gasteiger partial charge in [0, 0.05) is 28.0 Å². The van der Waals surface area contributed by atoms with Crippen molar-refractivity contribution in [3.63, 3.8) is 0 Å². The molecule has 0 spiro atoms. The van der Waals surface area contributed by atoms with E-state index in [9.17, 15) is 4.79 Å². The van der Waals surface area contributed by atoms with E-state index < -0.39 is 0 Å². The zero-order valence-electron chi connectivity index (χ0n) is 15.0. The topological polar surface area (TPSA) is 20.3 Å². The van der Waals surface area contributed by atoms with Gasteiger partial charge in [0.2, 0.25) is 5.91 Å². The summed E-state index contributed by atoms with van der Waals surface area (Å²) in [5.41, 5.74) is 1.21. The van der Waals surface area contributed by atoms with Crippen molar-refractivity contribution in [2.75, 3.05) is 5.75 Å². The van der Waals surface area contributed by atoms with Crippen molar-refractivity contribution in [3.05, 3.63) is 47.5 Å². The van der Waals surface area contributed by atoms with Crippen LogP contribution >= 0.6 is 23.4 Å². The molecular formula is C21H28ClNOS. The molecule has 3 atom stereocenters. The Kier molecular flexibility index (Phi) is 6.51. The Morgan fingerprint density at radius 2 is 2.00 bits per heavy atom. The van der Waals surface area contributed by atoms with Crippen LogP contribution in [0.3, 0.4) is 0 Å². The number of hydrogen-bond acceptors (Lipinski definition) is 2. The van der Waals surface area contributed by atoms with Crippen LogP contribution < -0.4 is 0 Å². The Hall–Kier alpha value is -0.930. The number of thioether (sulfide) groups is 1. The van der Waals surface area contributed by atoms with Gasteiger partial charge in [-0.3, -0.25) is 4.79 Å². The standard InChI is InChI=1S/C21H28ClNOS/c1-3-5-16-8-13-20(15-6-9-17(22)10-7-15)23(21(16)24)18(4-2)14-25-19-11-12-19/h3,6-7,9-10,16,18-20H,1,4-5,8,11-14H2,2H3/t16?,18-,20?/m0/s1. The van der Waals surface area contributed by atoms with Gasteiger partial charge in [-0.15, -0.1) is 6.58 Å². The minimum Gasteiger partial charge on any atom is -0.332 e. The highest BCUT2D eigenvalue weighted by molar-refractivity contribution is 8.00. The molecule has 136 valence electrons. The molecule has 0 radical (unpaired) electrons. The summed E-state index contributed by atoms with van der Waals surface area (Å²) in [7, 11) is 0. The van der Waals surface area contributed by atoms with Crippen molar-refractivity contribution in [1.82, 2.24) is 4.90 Å². The number of carbonyl (C=O) groups is 1. The summed E-state index contributed by atoms with van der Waals surface area (Å²) < 4.78 is 0. The maximum atomic E-state index is 13.3. The number of likely N-dealkylation sites (tertiary alicyclic amines) is 1. The zero-order chi connectivity index (χ0) is 17.8. The Balaban J connectivity index is 1.83. The van der Waals surface area contributed by atoms with Crippen LogP contribution in [0, 0.1) is 5.92 Å². The van der Waals surface area contributed by atoms with E-state index in [-0.39, 0.29) is 12.0 Å². The molecule has 1 aromatic carbocycles. The van der Waals surface area contributed by atoms with Gasteiger partial charge in [-0.05, 0) is 56.2 Å². The van der Waals surface area contributed by atoms with Crippen molar-refractivity contribution < 1.29 is 4.79 Å². The number of nitrogens with zero attached hydrogens (tertiary/aromatic N) is 1. The molecule has 2 aliphatic rings. The van der Waals surface area contributed by atoms with E-state index in [2.05, 4.69) is 30.5 Å². The molecule has 2 fully saturated rings. The third kappa shape index (κ3) is 4.62. The lowest BCUT2D eigenvalue weighted by molar-refractivity contribution is -0.144. The Morgan fingerprint density at radius 3 is 2.60 bits per heavy atom. The van der Waals surface area contributed by atoms with Crippen LogP contribution in [0.2, 0.25) is 5.02 Å². The second-order valence-electron chi connectivity index (χ2n) is 7.21. The van der Waals surface area contributed by atoms with Crippen molar-refractivity contribution >= 4 is 29.3 Å². The molecule has 1 aromatic rings. The fourth-order valence-corrected chi connectivity index (χ4v) is 5.22. The average molecular weight is 378 g/mol. The summed E-state index contributed by atoms with van der Waals surface area (Å²) in [6.07, 6.45) is 8.34.